The Morgan fingerprint density at radius 1 is 1.18 bits per heavy atom. The van der Waals surface area contributed by atoms with Crippen molar-refractivity contribution in [3.05, 3.63) is 53.2 Å². The maximum Gasteiger partial charge on any atom is 0.145 e. The lowest BCUT2D eigenvalue weighted by molar-refractivity contribution is 0.613. The lowest BCUT2D eigenvalue weighted by Crippen LogP contribution is -2.05. The van der Waals surface area contributed by atoms with Crippen LogP contribution in [0.3, 0.4) is 0 Å². The first kappa shape index (κ1) is 11.5. The van der Waals surface area contributed by atoms with Crippen LogP contribution >= 0.6 is 0 Å². The summed E-state index contributed by atoms with van der Waals surface area (Å²) in [5.74, 6) is 0.452. The number of hydrogen-bond acceptors (Lipinski definition) is 3. The Kier molecular flexibility index (Phi) is 3.32. The van der Waals surface area contributed by atoms with E-state index in [2.05, 4.69) is 15.3 Å². The molecule has 0 saturated carbocycles. The first-order chi connectivity index (χ1) is 8.16. The van der Waals surface area contributed by atoms with Crippen LogP contribution in [-0.4, -0.2) is 9.97 Å². The standard InChI is InChI=1S/C13H14FN3/c1-9-10(2)17-13(8-15-9)16-7-11-5-3-4-6-12(11)14/h3-6,8H,7H2,1-2H3,(H,16,17). The SMILES string of the molecule is Cc1ncc(NCc2ccccc2F)nc1C. The average molecular weight is 231 g/mol. The van der Waals surface area contributed by atoms with Gasteiger partial charge in [0.05, 0.1) is 17.6 Å². The van der Waals surface area contributed by atoms with Gasteiger partial charge in [0.15, 0.2) is 0 Å². The molecule has 17 heavy (non-hydrogen) atoms. The highest BCUT2D eigenvalue weighted by atomic mass is 19.1. The Bertz CT molecular complexity index is 526. The van der Waals surface area contributed by atoms with Crippen molar-refractivity contribution in [2.45, 2.75) is 20.4 Å². The largest absolute Gasteiger partial charge is 0.365 e. The maximum atomic E-state index is 13.4. The van der Waals surface area contributed by atoms with Gasteiger partial charge in [-0.2, -0.15) is 0 Å². The van der Waals surface area contributed by atoms with Crippen molar-refractivity contribution in [2.75, 3.05) is 5.32 Å². The normalized spacial score (nSPS) is 10.3. The van der Waals surface area contributed by atoms with E-state index in [1.54, 1.807) is 18.3 Å². The van der Waals surface area contributed by atoms with Crippen LogP contribution in [0.25, 0.3) is 0 Å². The van der Waals surface area contributed by atoms with E-state index in [4.69, 9.17) is 0 Å². The summed E-state index contributed by atoms with van der Waals surface area (Å²) in [7, 11) is 0. The third-order valence-corrected chi connectivity index (χ3v) is 2.61. The monoisotopic (exact) mass is 231 g/mol. The van der Waals surface area contributed by atoms with Gasteiger partial charge in [-0.05, 0) is 19.9 Å². The summed E-state index contributed by atoms with van der Waals surface area (Å²) in [6.07, 6.45) is 1.66. The Morgan fingerprint density at radius 2 is 1.94 bits per heavy atom. The molecule has 0 aliphatic heterocycles. The van der Waals surface area contributed by atoms with E-state index in [0.29, 0.717) is 17.9 Å². The molecule has 4 heteroatoms. The fourth-order valence-corrected chi connectivity index (χ4v) is 1.45. The molecule has 1 aromatic carbocycles. The van der Waals surface area contributed by atoms with Gasteiger partial charge in [0.1, 0.15) is 11.6 Å². The first-order valence-corrected chi connectivity index (χ1v) is 5.44. The van der Waals surface area contributed by atoms with Gasteiger partial charge in [0.25, 0.3) is 0 Å². The minimum Gasteiger partial charge on any atom is -0.365 e. The zero-order valence-corrected chi connectivity index (χ0v) is 9.87. The molecule has 0 saturated heterocycles. The second kappa shape index (κ2) is 4.91. The predicted octanol–water partition coefficient (Wildman–Crippen LogP) is 2.84. The molecule has 0 atom stereocenters. The molecule has 0 aliphatic carbocycles. The molecule has 0 aliphatic rings. The first-order valence-electron chi connectivity index (χ1n) is 5.44. The second-order valence-electron chi connectivity index (χ2n) is 3.87. The number of hydrogen-bond donors (Lipinski definition) is 1. The molecule has 1 heterocycles. The van der Waals surface area contributed by atoms with Crippen LogP contribution in [0.4, 0.5) is 10.2 Å². The summed E-state index contributed by atoms with van der Waals surface area (Å²) >= 11 is 0. The van der Waals surface area contributed by atoms with E-state index >= 15 is 0 Å². The molecule has 1 N–H and O–H groups in total. The lowest BCUT2D eigenvalue weighted by Gasteiger charge is -2.07. The quantitative estimate of drug-likeness (QED) is 0.882. The van der Waals surface area contributed by atoms with E-state index in [1.165, 1.54) is 6.07 Å². The Balaban J connectivity index is 2.08. The maximum absolute atomic E-state index is 13.4. The van der Waals surface area contributed by atoms with Crippen molar-refractivity contribution < 1.29 is 4.39 Å². The fourth-order valence-electron chi connectivity index (χ4n) is 1.45. The lowest BCUT2D eigenvalue weighted by atomic mass is 10.2. The van der Waals surface area contributed by atoms with Gasteiger partial charge in [-0.3, -0.25) is 4.98 Å². The molecule has 0 unspecified atom stereocenters. The highest BCUT2D eigenvalue weighted by Crippen LogP contribution is 2.10. The van der Waals surface area contributed by atoms with Crippen molar-refractivity contribution in [3.63, 3.8) is 0 Å². The number of nitrogens with zero attached hydrogens (tertiary/aromatic N) is 2. The van der Waals surface area contributed by atoms with Gasteiger partial charge < -0.3 is 5.32 Å². The Hall–Kier alpha value is -1.97. The van der Waals surface area contributed by atoms with Gasteiger partial charge in [-0.1, -0.05) is 18.2 Å². The number of anilines is 1. The molecule has 0 amide bonds. The van der Waals surface area contributed by atoms with Crippen molar-refractivity contribution in [2.24, 2.45) is 0 Å². The van der Waals surface area contributed by atoms with Crippen LogP contribution in [0.2, 0.25) is 0 Å². The summed E-state index contributed by atoms with van der Waals surface area (Å²) in [5.41, 5.74) is 2.40. The molecule has 0 fully saturated rings. The second-order valence-corrected chi connectivity index (χ2v) is 3.87. The summed E-state index contributed by atoms with van der Waals surface area (Å²) in [6.45, 7) is 4.21. The van der Waals surface area contributed by atoms with E-state index in [9.17, 15) is 4.39 Å². The Labute approximate surface area is 99.7 Å². The third-order valence-electron chi connectivity index (χ3n) is 2.61. The highest BCUT2D eigenvalue weighted by Gasteiger charge is 2.02. The molecular formula is C13H14FN3. The minimum atomic E-state index is -0.211. The van der Waals surface area contributed by atoms with Crippen molar-refractivity contribution in [1.29, 1.82) is 0 Å². The third kappa shape index (κ3) is 2.78. The molecule has 88 valence electrons. The van der Waals surface area contributed by atoms with E-state index < -0.39 is 0 Å². The van der Waals surface area contributed by atoms with Gasteiger partial charge in [-0.15, -0.1) is 0 Å². The van der Waals surface area contributed by atoms with Crippen LogP contribution < -0.4 is 5.32 Å². The summed E-state index contributed by atoms with van der Waals surface area (Å²) < 4.78 is 13.4. The molecule has 3 nitrogen and oxygen atoms in total. The minimum absolute atomic E-state index is 0.211. The van der Waals surface area contributed by atoms with E-state index in [1.807, 2.05) is 19.9 Å². The number of halogens is 1. The van der Waals surface area contributed by atoms with Gasteiger partial charge in [0.2, 0.25) is 0 Å². The average Bonchev–Trinajstić information content (AvgIpc) is 2.32. The molecule has 2 rings (SSSR count). The molecule has 1 aromatic heterocycles. The van der Waals surface area contributed by atoms with Gasteiger partial charge in [-0.25, -0.2) is 9.37 Å². The summed E-state index contributed by atoms with van der Waals surface area (Å²) in [6, 6.07) is 6.68. The number of nitrogens with one attached hydrogen (secondary N) is 1. The molecule has 0 bridgehead atoms. The highest BCUT2D eigenvalue weighted by molar-refractivity contribution is 5.35. The summed E-state index contributed by atoms with van der Waals surface area (Å²) in [5, 5.41) is 3.06. The van der Waals surface area contributed by atoms with Crippen molar-refractivity contribution >= 4 is 5.82 Å². The number of aryl methyl sites for hydroxylation is 2. The van der Waals surface area contributed by atoms with Crippen LogP contribution in [0, 0.1) is 19.7 Å². The smallest absolute Gasteiger partial charge is 0.145 e. The summed E-state index contributed by atoms with van der Waals surface area (Å²) in [4.78, 5) is 8.52. The molecule has 0 radical (unpaired) electrons. The number of benzene rings is 1. The van der Waals surface area contributed by atoms with Crippen LogP contribution in [0.15, 0.2) is 30.5 Å². The zero-order chi connectivity index (χ0) is 12.3. The molecule has 0 spiro atoms. The molecule has 2 aromatic rings. The van der Waals surface area contributed by atoms with Crippen LogP contribution in [0.1, 0.15) is 17.0 Å². The van der Waals surface area contributed by atoms with E-state index in [-0.39, 0.29) is 5.82 Å². The topological polar surface area (TPSA) is 37.8 Å². The fraction of sp³-hybridized carbons (Fsp3) is 0.231. The number of rotatable bonds is 3. The van der Waals surface area contributed by atoms with Crippen LogP contribution in [-0.2, 0) is 6.54 Å². The predicted molar refractivity (Wildman–Crippen MR) is 65.2 cm³/mol. The van der Waals surface area contributed by atoms with Gasteiger partial charge in [0, 0.05) is 12.1 Å². The van der Waals surface area contributed by atoms with E-state index in [0.717, 1.165) is 11.4 Å². The Morgan fingerprint density at radius 3 is 2.65 bits per heavy atom. The van der Waals surface area contributed by atoms with Crippen LogP contribution in [0.5, 0.6) is 0 Å². The van der Waals surface area contributed by atoms with Gasteiger partial charge >= 0.3 is 0 Å². The van der Waals surface area contributed by atoms with Crippen molar-refractivity contribution in [3.8, 4) is 0 Å². The number of aromatic nitrogens is 2. The zero-order valence-electron chi connectivity index (χ0n) is 9.87. The van der Waals surface area contributed by atoms with Crippen molar-refractivity contribution in [1.82, 2.24) is 9.97 Å². The molecular weight excluding hydrogens is 217 g/mol.